The van der Waals surface area contributed by atoms with E-state index in [9.17, 15) is 18.3 Å². The molecule has 1 aromatic rings. The van der Waals surface area contributed by atoms with E-state index >= 15 is 0 Å². The Hall–Kier alpha value is -1.40. The van der Waals surface area contributed by atoms with Gasteiger partial charge in [-0.15, -0.1) is 0 Å². The number of rotatable bonds is 3. The van der Waals surface area contributed by atoms with Crippen molar-refractivity contribution in [3.05, 3.63) is 29.8 Å². The van der Waals surface area contributed by atoms with Gasteiger partial charge in [-0.2, -0.15) is 4.31 Å². The molecular formula is C20H29NO4S. The number of sulfonamides is 1. The van der Waals surface area contributed by atoms with Gasteiger partial charge in [0.15, 0.2) is 0 Å². The molecule has 1 aliphatic carbocycles. The van der Waals surface area contributed by atoms with Gasteiger partial charge in [-0.05, 0) is 54.7 Å². The highest BCUT2D eigenvalue weighted by atomic mass is 32.2. The smallest absolute Gasteiger partial charge is 0.322 e. The van der Waals surface area contributed by atoms with Crippen molar-refractivity contribution >= 4 is 16.0 Å². The molecule has 1 heterocycles. The molecule has 5 nitrogen and oxygen atoms in total. The number of carbonyl (C=O) groups is 1. The van der Waals surface area contributed by atoms with Gasteiger partial charge in [0, 0.05) is 6.04 Å². The first-order chi connectivity index (χ1) is 12.1. The van der Waals surface area contributed by atoms with Crippen LogP contribution in [0.15, 0.2) is 29.2 Å². The first-order valence-corrected chi connectivity index (χ1v) is 10.9. The van der Waals surface area contributed by atoms with Crippen molar-refractivity contribution in [2.24, 2.45) is 5.92 Å². The summed E-state index contributed by atoms with van der Waals surface area (Å²) in [4.78, 5) is 12.0. The van der Waals surface area contributed by atoms with E-state index in [1.165, 1.54) is 4.31 Å². The summed E-state index contributed by atoms with van der Waals surface area (Å²) in [5, 5.41) is 9.65. The number of hydrogen-bond donors (Lipinski definition) is 1. The molecule has 26 heavy (non-hydrogen) atoms. The van der Waals surface area contributed by atoms with Crippen LogP contribution in [0, 0.1) is 5.92 Å². The lowest BCUT2D eigenvalue weighted by Gasteiger charge is -2.46. The van der Waals surface area contributed by atoms with Crippen LogP contribution >= 0.6 is 0 Å². The van der Waals surface area contributed by atoms with Gasteiger partial charge in [0.05, 0.1) is 4.90 Å². The van der Waals surface area contributed by atoms with Crippen LogP contribution in [0.25, 0.3) is 0 Å². The minimum atomic E-state index is -3.84. The van der Waals surface area contributed by atoms with E-state index in [2.05, 4.69) is 20.8 Å². The summed E-state index contributed by atoms with van der Waals surface area (Å²) in [5.74, 6) is -0.758. The summed E-state index contributed by atoms with van der Waals surface area (Å²) in [6.07, 6.45) is 5.02. The van der Waals surface area contributed by atoms with Gasteiger partial charge in [-0.3, -0.25) is 4.79 Å². The molecule has 0 spiro atoms. The van der Waals surface area contributed by atoms with E-state index in [0.717, 1.165) is 37.7 Å². The summed E-state index contributed by atoms with van der Waals surface area (Å²) in [5.41, 5.74) is 0.992. The summed E-state index contributed by atoms with van der Waals surface area (Å²) in [6, 6.07) is 5.78. The molecule has 3 unspecified atom stereocenters. The van der Waals surface area contributed by atoms with Gasteiger partial charge >= 0.3 is 5.97 Å². The summed E-state index contributed by atoms with van der Waals surface area (Å²) in [6.45, 7) is 6.23. The monoisotopic (exact) mass is 379 g/mol. The molecule has 0 amide bonds. The maximum Gasteiger partial charge on any atom is 0.322 e. The maximum absolute atomic E-state index is 13.4. The van der Waals surface area contributed by atoms with Crippen molar-refractivity contribution in [2.75, 3.05) is 0 Å². The third-order valence-corrected chi connectivity index (χ3v) is 7.84. The van der Waals surface area contributed by atoms with E-state index in [4.69, 9.17) is 0 Å². The minimum absolute atomic E-state index is 0.0640. The Balaban J connectivity index is 1.99. The summed E-state index contributed by atoms with van der Waals surface area (Å²) in [7, 11) is -3.84. The van der Waals surface area contributed by atoms with Gasteiger partial charge in [0.2, 0.25) is 10.0 Å². The fourth-order valence-electron chi connectivity index (χ4n) is 4.42. The Bertz CT molecular complexity index is 764. The highest BCUT2D eigenvalue weighted by Crippen LogP contribution is 2.41. The molecule has 1 saturated heterocycles. The molecule has 3 atom stereocenters. The van der Waals surface area contributed by atoms with Crippen LogP contribution in [-0.2, 0) is 20.2 Å². The van der Waals surface area contributed by atoms with E-state index in [1.54, 1.807) is 12.1 Å². The number of piperidine rings is 1. The largest absolute Gasteiger partial charge is 0.480 e. The Labute approximate surface area is 156 Å². The second-order valence-electron chi connectivity index (χ2n) is 8.65. The third kappa shape index (κ3) is 3.54. The van der Waals surface area contributed by atoms with Crippen molar-refractivity contribution in [3.63, 3.8) is 0 Å². The van der Waals surface area contributed by atoms with Crippen LogP contribution in [0.2, 0.25) is 0 Å². The Morgan fingerprint density at radius 1 is 1.04 bits per heavy atom. The third-order valence-electron chi connectivity index (χ3n) is 5.89. The van der Waals surface area contributed by atoms with E-state index in [-0.39, 0.29) is 22.3 Å². The molecular weight excluding hydrogens is 350 g/mol. The fourth-order valence-corrected chi connectivity index (χ4v) is 6.30. The van der Waals surface area contributed by atoms with Crippen molar-refractivity contribution in [1.29, 1.82) is 0 Å². The van der Waals surface area contributed by atoms with Crippen molar-refractivity contribution < 1.29 is 18.3 Å². The van der Waals surface area contributed by atoms with Crippen molar-refractivity contribution in [1.82, 2.24) is 4.31 Å². The van der Waals surface area contributed by atoms with E-state index < -0.39 is 22.0 Å². The number of aliphatic carboxylic acids is 1. The van der Waals surface area contributed by atoms with Crippen LogP contribution in [0.3, 0.4) is 0 Å². The Morgan fingerprint density at radius 2 is 1.65 bits per heavy atom. The fraction of sp³-hybridized carbons (Fsp3) is 0.650. The first-order valence-electron chi connectivity index (χ1n) is 9.49. The summed E-state index contributed by atoms with van der Waals surface area (Å²) < 4.78 is 28.1. The quantitative estimate of drug-likeness (QED) is 0.867. The zero-order valence-electron chi connectivity index (χ0n) is 15.8. The second-order valence-corrected chi connectivity index (χ2v) is 10.5. The van der Waals surface area contributed by atoms with Gasteiger partial charge in [0.1, 0.15) is 6.04 Å². The average molecular weight is 380 g/mol. The van der Waals surface area contributed by atoms with Crippen LogP contribution in [-0.4, -0.2) is 35.9 Å². The Kier molecular flexibility index (Phi) is 5.19. The molecule has 144 valence electrons. The van der Waals surface area contributed by atoms with Gasteiger partial charge in [0.25, 0.3) is 0 Å². The first kappa shape index (κ1) is 19.4. The average Bonchev–Trinajstić information content (AvgIpc) is 2.59. The Morgan fingerprint density at radius 3 is 2.23 bits per heavy atom. The van der Waals surface area contributed by atoms with Crippen LogP contribution in [0.4, 0.5) is 0 Å². The van der Waals surface area contributed by atoms with E-state index in [0.29, 0.717) is 6.42 Å². The van der Waals surface area contributed by atoms with Gasteiger partial charge in [-0.25, -0.2) is 8.42 Å². The van der Waals surface area contributed by atoms with Crippen molar-refractivity contribution in [2.45, 2.75) is 81.7 Å². The molecule has 1 aromatic carbocycles. The lowest BCUT2D eigenvalue weighted by atomic mass is 9.78. The molecule has 0 radical (unpaired) electrons. The number of carboxylic acids is 1. The standard InChI is InChI=1S/C20H29NO4S/c1-20(2,3)15-9-11-16(12-10-15)26(24,25)21-17-7-5-4-6-14(17)8-13-18(21)19(22)23/h9-12,14,17-18H,4-8,13H2,1-3H3,(H,22,23). The maximum atomic E-state index is 13.4. The lowest BCUT2D eigenvalue weighted by molar-refractivity contribution is -0.144. The van der Waals surface area contributed by atoms with Crippen LogP contribution in [0.1, 0.15) is 64.9 Å². The predicted octanol–water partition coefficient (Wildman–Crippen LogP) is 3.78. The minimum Gasteiger partial charge on any atom is -0.480 e. The molecule has 1 aliphatic heterocycles. The van der Waals surface area contributed by atoms with Gasteiger partial charge in [-0.1, -0.05) is 45.7 Å². The van der Waals surface area contributed by atoms with E-state index in [1.807, 2.05) is 12.1 Å². The molecule has 0 bridgehead atoms. The molecule has 2 aliphatic rings. The lowest BCUT2D eigenvalue weighted by Crippen LogP contribution is -2.57. The number of benzene rings is 1. The van der Waals surface area contributed by atoms with Crippen molar-refractivity contribution in [3.8, 4) is 0 Å². The van der Waals surface area contributed by atoms with Crippen LogP contribution in [0.5, 0.6) is 0 Å². The topological polar surface area (TPSA) is 74.7 Å². The number of fused-ring (bicyclic) bond motifs is 1. The second kappa shape index (κ2) is 6.97. The molecule has 3 rings (SSSR count). The van der Waals surface area contributed by atoms with Gasteiger partial charge < -0.3 is 5.11 Å². The number of hydrogen-bond acceptors (Lipinski definition) is 3. The molecule has 1 N–H and O–H groups in total. The highest BCUT2D eigenvalue weighted by Gasteiger charge is 2.47. The SMILES string of the molecule is CC(C)(C)c1ccc(S(=O)(=O)N2C(C(=O)O)CCC3CCCCC32)cc1. The predicted molar refractivity (Wildman–Crippen MR) is 101 cm³/mol. The zero-order chi connectivity index (χ0) is 19.1. The normalized spacial score (nSPS) is 27.7. The molecule has 2 fully saturated rings. The highest BCUT2D eigenvalue weighted by molar-refractivity contribution is 7.89. The van der Waals surface area contributed by atoms with Crippen LogP contribution < -0.4 is 0 Å². The molecule has 1 saturated carbocycles. The summed E-state index contributed by atoms with van der Waals surface area (Å²) >= 11 is 0. The number of carboxylic acid groups (broad SMARTS) is 1. The molecule has 0 aromatic heterocycles. The number of nitrogens with zero attached hydrogens (tertiary/aromatic N) is 1. The zero-order valence-corrected chi connectivity index (χ0v) is 16.6. The molecule has 6 heteroatoms.